The van der Waals surface area contributed by atoms with Gasteiger partial charge in [-0.3, -0.25) is 14.7 Å². The maximum Gasteiger partial charge on any atom is 0.325 e. The molecule has 1 aromatic heterocycles. The Kier molecular flexibility index (Phi) is 3.71. The van der Waals surface area contributed by atoms with E-state index in [0.29, 0.717) is 5.56 Å². The number of nitrogens with two attached hydrogens (primary N) is 1. The smallest absolute Gasteiger partial charge is 0.325 e. The summed E-state index contributed by atoms with van der Waals surface area (Å²) in [5.74, 6) is -0.547. The van der Waals surface area contributed by atoms with Crippen molar-refractivity contribution < 1.29 is 9.59 Å². The lowest BCUT2D eigenvalue weighted by atomic mass is 9.93. The number of nitrogens with one attached hydrogen (secondary N) is 1. The number of rotatable bonds is 4. The number of pyridine rings is 1. The van der Waals surface area contributed by atoms with Gasteiger partial charge in [0.25, 0.3) is 5.91 Å². The topological polar surface area (TPSA) is 88.3 Å². The van der Waals surface area contributed by atoms with E-state index in [0.717, 1.165) is 4.90 Å². The maximum atomic E-state index is 12.5. The minimum absolute atomic E-state index is 0.176. The van der Waals surface area contributed by atoms with Gasteiger partial charge < -0.3 is 11.1 Å². The van der Waals surface area contributed by atoms with E-state index in [-0.39, 0.29) is 23.4 Å². The molecule has 0 aromatic carbocycles. The zero-order chi connectivity index (χ0) is 14.9. The Bertz CT molecular complexity index is 563. The molecular formula is C13H16N4O2S. The zero-order valence-electron chi connectivity index (χ0n) is 11.3. The van der Waals surface area contributed by atoms with E-state index >= 15 is 0 Å². The highest BCUT2D eigenvalue weighted by Gasteiger charge is 2.49. The van der Waals surface area contributed by atoms with Gasteiger partial charge in [-0.1, -0.05) is 25.2 Å². The molecule has 7 heteroatoms. The second kappa shape index (κ2) is 5.16. The standard InChI is InChI=1S/C13H16N4O2S/c1-8(10(14)20)7-17-11(18)13(2,16-12(17)19)9-4-3-5-15-6-9/h3-6,8H,7H2,1-2H3,(H2,14,20)(H,16,19). The van der Waals surface area contributed by atoms with Crippen LogP contribution in [0.4, 0.5) is 4.79 Å². The minimum atomic E-state index is -1.10. The van der Waals surface area contributed by atoms with E-state index in [4.69, 9.17) is 18.0 Å². The molecule has 1 saturated heterocycles. The second-order valence-corrected chi connectivity index (χ2v) is 5.49. The van der Waals surface area contributed by atoms with Gasteiger partial charge in [0.1, 0.15) is 5.54 Å². The number of carbonyl (C=O) groups excluding carboxylic acids is 2. The Hall–Kier alpha value is -2.02. The summed E-state index contributed by atoms with van der Waals surface area (Å²) >= 11 is 4.88. The Morgan fingerprint density at radius 1 is 1.60 bits per heavy atom. The maximum absolute atomic E-state index is 12.5. The summed E-state index contributed by atoms with van der Waals surface area (Å²) in [6.07, 6.45) is 3.18. The van der Waals surface area contributed by atoms with Crippen LogP contribution in [0.5, 0.6) is 0 Å². The molecule has 1 aliphatic rings. The summed E-state index contributed by atoms with van der Waals surface area (Å²) in [6.45, 7) is 3.62. The van der Waals surface area contributed by atoms with Crippen LogP contribution in [0, 0.1) is 5.92 Å². The van der Waals surface area contributed by atoms with E-state index in [9.17, 15) is 9.59 Å². The first-order valence-corrected chi connectivity index (χ1v) is 6.61. The number of nitrogens with zero attached hydrogens (tertiary/aromatic N) is 2. The van der Waals surface area contributed by atoms with Crippen LogP contribution in [0.1, 0.15) is 19.4 Å². The molecule has 3 N–H and O–H groups in total. The van der Waals surface area contributed by atoms with E-state index in [1.165, 1.54) is 0 Å². The molecule has 1 aliphatic heterocycles. The van der Waals surface area contributed by atoms with Crippen LogP contribution in [0.15, 0.2) is 24.5 Å². The first-order chi connectivity index (χ1) is 9.36. The number of hydrogen-bond acceptors (Lipinski definition) is 4. The number of carbonyl (C=O) groups is 2. The highest BCUT2D eigenvalue weighted by Crippen LogP contribution is 2.28. The highest BCUT2D eigenvalue weighted by atomic mass is 32.1. The highest BCUT2D eigenvalue weighted by molar-refractivity contribution is 7.80. The van der Waals surface area contributed by atoms with Crippen molar-refractivity contribution in [3.63, 3.8) is 0 Å². The fourth-order valence-electron chi connectivity index (χ4n) is 2.08. The Labute approximate surface area is 122 Å². The number of aromatic nitrogens is 1. The van der Waals surface area contributed by atoms with Gasteiger partial charge in [-0.2, -0.15) is 0 Å². The van der Waals surface area contributed by atoms with E-state index < -0.39 is 11.6 Å². The van der Waals surface area contributed by atoms with Crippen molar-refractivity contribution in [2.45, 2.75) is 19.4 Å². The Morgan fingerprint density at radius 2 is 2.30 bits per heavy atom. The Morgan fingerprint density at radius 3 is 2.85 bits per heavy atom. The fourth-order valence-corrected chi connectivity index (χ4v) is 2.16. The molecule has 0 bridgehead atoms. The number of thiocarbonyl (C=S) groups is 1. The summed E-state index contributed by atoms with van der Waals surface area (Å²) in [5, 5.41) is 2.70. The van der Waals surface area contributed by atoms with Crippen molar-refractivity contribution in [2.75, 3.05) is 6.54 Å². The van der Waals surface area contributed by atoms with Crippen molar-refractivity contribution in [1.82, 2.24) is 15.2 Å². The quantitative estimate of drug-likeness (QED) is 0.632. The Balaban J connectivity index is 2.27. The van der Waals surface area contributed by atoms with E-state index in [1.54, 1.807) is 38.4 Å². The number of urea groups is 1. The normalized spacial score (nSPS) is 23.6. The van der Waals surface area contributed by atoms with Crippen LogP contribution in [-0.4, -0.2) is 33.4 Å². The molecule has 2 atom stereocenters. The van der Waals surface area contributed by atoms with Gasteiger partial charge in [0.05, 0.1) is 4.99 Å². The summed E-state index contributed by atoms with van der Waals surface area (Å²) in [6, 6.07) is 3.04. The number of amides is 3. The predicted molar refractivity (Wildman–Crippen MR) is 77.8 cm³/mol. The molecule has 0 aliphatic carbocycles. The minimum Gasteiger partial charge on any atom is -0.393 e. The summed E-state index contributed by atoms with van der Waals surface area (Å²) < 4.78 is 0. The molecule has 20 heavy (non-hydrogen) atoms. The monoisotopic (exact) mass is 292 g/mol. The van der Waals surface area contributed by atoms with Crippen molar-refractivity contribution in [3.8, 4) is 0 Å². The van der Waals surface area contributed by atoms with Gasteiger partial charge in [0.15, 0.2) is 0 Å². The molecule has 6 nitrogen and oxygen atoms in total. The van der Waals surface area contributed by atoms with Crippen LogP contribution in [0.25, 0.3) is 0 Å². The fraction of sp³-hybridized carbons (Fsp3) is 0.385. The molecule has 3 amide bonds. The summed E-state index contributed by atoms with van der Waals surface area (Å²) in [5.41, 5.74) is 5.08. The van der Waals surface area contributed by atoms with E-state index in [2.05, 4.69) is 10.3 Å². The lowest BCUT2D eigenvalue weighted by Gasteiger charge is -2.22. The average Bonchev–Trinajstić information content (AvgIpc) is 2.64. The van der Waals surface area contributed by atoms with Crippen LogP contribution in [-0.2, 0) is 10.3 Å². The first kappa shape index (κ1) is 14.4. The van der Waals surface area contributed by atoms with Crippen molar-refractivity contribution >= 4 is 29.1 Å². The molecule has 1 aromatic rings. The van der Waals surface area contributed by atoms with Crippen LogP contribution < -0.4 is 11.1 Å². The molecule has 0 radical (unpaired) electrons. The first-order valence-electron chi connectivity index (χ1n) is 6.20. The molecule has 1 fully saturated rings. The van der Waals surface area contributed by atoms with Crippen LogP contribution >= 0.6 is 12.2 Å². The molecular weight excluding hydrogens is 276 g/mol. The zero-order valence-corrected chi connectivity index (χ0v) is 12.1. The van der Waals surface area contributed by atoms with Gasteiger partial charge >= 0.3 is 6.03 Å². The SMILES string of the molecule is CC(CN1C(=O)NC(C)(c2cccnc2)C1=O)C(N)=S. The van der Waals surface area contributed by atoms with Gasteiger partial charge in [0, 0.05) is 30.4 Å². The lowest BCUT2D eigenvalue weighted by Crippen LogP contribution is -2.42. The molecule has 106 valence electrons. The van der Waals surface area contributed by atoms with Crippen molar-refractivity contribution in [3.05, 3.63) is 30.1 Å². The molecule has 2 unspecified atom stereocenters. The summed E-state index contributed by atoms with van der Waals surface area (Å²) in [4.78, 5) is 30.0. The van der Waals surface area contributed by atoms with Crippen molar-refractivity contribution in [2.24, 2.45) is 11.7 Å². The largest absolute Gasteiger partial charge is 0.393 e. The molecule has 0 spiro atoms. The predicted octanol–water partition coefficient (Wildman–Crippen LogP) is 0.771. The lowest BCUT2D eigenvalue weighted by molar-refractivity contribution is -0.131. The van der Waals surface area contributed by atoms with Gasteiger partial charge in [0.2, 0.25) is 0 Å². The third-order valence-electron chi connectivity index (χ3n) is 3.46. The molecule has 2 heterocycles. The summed E-state index contributed by atoms with van der Waals surface area (Å²) in [7, 11) is 0. The van der Waals surface area contributed by atoms with E-state index in [1.807, 2.05) is 0 Å². The molecule has 0 saturated carbocycles. The average molecular weight is 292 g/mol. The van der Waals surface area contributed by atoms with Crippen LogP contribution in [0.2, 0.25) is 0 Å². The number of imide groups is 1. The van der Waals surface area contributed by atoms with Gasteiger partial charge in [-0.15, -0.1) is 0 Å². The molecule has 2 rings (SSSR count). The third kappa shape index (κ3) is 2.36. The number of hydrogen-bond donors (Lipinski definition) is 2. The van der Waals surface area contributed by atoms with Crippen molar-refractivity contribution in [1.29, 1.82) is 0 Å². The second-order valence-electron chi connectivity index (χ2n) is 5.02. The third-order valence-corrected chi connectivity index (χ3v) is 3.86. The van der Waals surface area contributed by atoms with Gasteiger partial charge in [-0.05, 0) is 13.0 Å². The van der Waals surface area contributed by atoms with Gasteiger partial charge in [-0.25, -0.2) is 4.79 Å². The van der Waals surface area contributed by atoms with Crippen LogP contribution in [0.3, 0.4) is 0 Å².